The maximum Gasteiger partial charge on any atom is 0.306 e. The molecule has 0 aromatic rings. The van der Waals surface area contributed by atoms with Crippen LogP contribution in [0.1, 0.15) is 252 Å². The van der Waals surface area contributed by atoms with Gasteiger partial charge in [0.15, 0.2) is 6.10 Å². The van der Waals surface area contributed by atoms with Gasteiger partial charge in [-0.15, -0.1) is 0 Å². The highest BCUT2D eigenvalue weighted by atomic mass is 16.6. The molecule has 0 spiro atoms. The Bertz CT molecular complexity index is 966. The molecule has 0 aliphatic rings. The van der Waals surface area contributed by atoms with E-state index in [2.05, 4.69) is 69.4 Å². The fraction of sp³-hybridized carbons (Fsp3) is 0.811. The average molecular weight is 813 g/mol. The van der Waals surface area contributed by atoms with Gasteiger partial charge in [-0.1, -0.05) is 217 Å². The van der Waals surface area contributed by atoms with Gasteiger partial charge in [0.1, 0.15) is 6.61 Å². The highest BCUT2D eigenvalue weighted by Crippen LogP contribution is 2.15. The van der Waals surface area contributed by atoms with Crippen molar-refractivity contribution in [3.8, 4) is 0 Å². The first-order valence-corrected chi connectivity index (χ1v) is 25.2. The Kier molecular flexibility index (Phi) is 47.4. The van der Waals surface area contributed by atoms with Crippen LogP contribution in [0.4, 0.5) is 0 Å². The van der Waals surface area contributed by atoms with Crippen molar-refractivity contribution in [1.82, 2.24) is 0 Å². The summed E-state index contributed by atoms with van der Waals surface area (Å²) in [6.07, 6.45) is 59.7. The van der Waals surface area contributed by atoms with Gasteiger partial charge in [0.05, 0.1) is 6.61 Å². The van der Waals surface area contributed by atoms with Crippen molar-refractivity contribution < 1.29 is 23.8 Å². The second-order valence-electron chi connectivity index (χ2n) is 16.7. The highest BCUT2D eigenvalue weighted by molar-refractivity contribution is 5.70. The summed E-state index contributed by atoms with van der Waals surface area (Å²) < 4.78 is 17.4. The molecule has 58 heavy (non-hydrogen) atoms. The Balaban J connectivity index is 4.23. The minimum absolute atomic E-state index is 0.0795. The molecule has 0 radical (unpaired) electrons. The van der Waals surface area contributed by atoms with E-state index in [4.69, 9.17) is 14.2 Å². The maximum absolute atomic E-state index is 12.7. The van der Waals surface area contributed by atoms with Crippen LogP contribution in [0.5, 0.6) is 0 Å². The zero-order valence-electron chi connectivity index (χ0n) is 38.8. The predicted octanol–water partition coefficient (Wildman–Crippen LogP) is 16.8. The van der Waals surface area contributed by atoms with Gasteiger partial charge in [-0.05, 0) is 70.6 Å². The van der Waals surface area contributed by atoms with E-state index in [-0.39, 0.29) is 25.2 Å². The number of rotatable bonds is 46. The molecular formula is C53H96O5. The third kappa shape index (κ3) is 46.5. The van der Waals surface area contributed by atoms with Crippen molar-refractivity contribution in [1.29, 1.82) is 0 Å². The first kappa shape index (κ1) is 55.9. The molecule has 0 aliphatic carbocycles. The van der Waals surface area contributed by atoms with E-state index >= 15 is 0 Å². The fourth-order valence-corrected chi connectivity index (χ4v) is 7.09. The number of ether oxygens (including phenoxy) is 3. The van der Waals surface area contributed by atoms with Gasteiger partial charge in [-0.3, -0.25) is 9.59 Å². The molecule has 0 saturated heterocycles. The number of allylic oxidation sites excluding steroid dienone is 8. The molecular weight excluding hydrogens is 717 g/mol. The number of hydrogen-bond acceptors (Lipinski definition) is 5. The van der Waals surface area contributed by atoms with Crippen LogP contribution in [0.2, 0.25) is 0 Å². The van der Waals surface area contributed by atoms with Gasteiger partial charge in [0, 0.05) is 19.4 Å². The zero-order chi connectivity index (χ0) is 42.1. The molecule has 0 aromatic carbocycles. The molecule has 5 nitrogen and oxygen atoms in total. The number of carbonyl (C=O) groups excluding carboxylic acids is 2. The normalized spacial score (nSPS) is 12.5. The minimum atomic E-state index is -0.540. The van der Waals surface area contributed by atoms with Crippen molar-refractivity contribution in [3.63, 3.8) is 0 Å². The van der Waals surface area contributed by atoms with E-state index in [1.165, 1.54) is 141 Å². The second-order valence-corrected chi connectivity index (χ2v) is 16.7. The van der Waals surface area contributed by atoms with Crippen molar-refractivity contribution >= 4 is 11.9 Å². The summed E-state index contributed by atoms with van der Waals surface area (Å²) in [6, 6.07) is 0. The predicted molar refractivity (Wildman–Crippen MR) is 251 cm³/mol. The number of esters is 2. The third-order valence-corrected chi connectivity index (χ3v) is 10.8. The number of unbranched alkanes of at least 4 members (excludes halogenated alkanes) is 27. The molecule has 338 valence electrons. The van der Waals surface area contributed by atoms with Crippen molar-refractivity contribution in [2.75, 3.05) is 19.8 Å². The monoisotopic (exact) mass is 813 g/mol. The summed E-state index contributed by atoms with van der Waals surface area (Å²) in [5.74, 6) is -0.411. The van der Waals surface area contributed by atoms with E-state index in [1.807, 2.05) is 0 Å². The highest BCUT2D eigenvalue weighted by Gasteiger charge is 2.17. The smallest absolute Gasteiger partial charge is 0.306 e. The first-order chi connectivity index (χ1) is 28.6. The topological polar surface area (TPSA) is 61.8 Å². The molecule has 0 bridgehead atoms. The summed E-state index contributed by atoms with van der Waals surface area (Å²) in [7, 11) is 0. The second kappa shape index (κ2) is 49.2. The van der Waals surface area contributed by atoms with E-state index in [9.17, 15) is 9.59 Å². The molecule has 0 fully saturated rings. The van der Waals surface area contributed by atoms with E-state index in [0.29, 0.717) is 19.4 Å². The number of hydrogen-bond donors (Lipinski definition) is 0. The van der Waals surface area contributed by atoms with E-state index in [0.717, 1.165) is 77.0 Å². The van der Waals surface area contributed by atoms with Gasteiger partial charge < -0.3 is 14.2 Å². The molecule has 0 heterocycles. The molecule has 1 atom stereocenters. The number of carbonyl (C=O) groups is 2. The average Bonchev–Trinajstić information content (AvgIpc) is 3.22. The van der Waals surface area contributed by atoms with Crippen LogP contribution in [0.15, 0.2) is 48.6 Å². The Hall–Kier alpha value is -2.14. The van der Waals surface area contributed by atoms with Gasteiger partial charge >= 0.3 is 11.9 Å². The van der Waals surface area contributed by atoms with E-state index in [1.54, 1.807) is 0 Å². The summed E-state index contributed by atoms with van der Waals surface area (Å²) in [5, 5.41) is 0. The lowest BCUT2D eigenvalue weighted by atomic mass is 10.0. The summed E-state index contributed by atoms with van der Waals surface area (Å²) >= 11 is 0. The van der Waals surface area contributed by atoms with Gasteiger partial charge in [-0.25, -0.2) is 0 Å². The van der Waals surface area contributed by atoms with Gasteiger partial charge in [0.25, 0.3) is 0 Å². The van der Waals surface area contributed by atoms with Crippen LogP contribution >= 0.6 is 0 Å². The fourth-order valence-electron chi connectivity index (χ4n) is 7.09. The first-order valence-electron chi connectivity index (χ1n) is 25.2. The lowest BCUT2D eigenvalue weighted by Gasteiger charge is -2.18. The molecule has 5 heteroatoms. The van der Waals surface area contributed by atoms with Gasteiger partial charge in [0.2, 0.25) is 0 Å². The van der Waals surface area contributed by atoms with E-state index < -0.39 is 6.10 Å². The molecule has 0 amide bonds. The third-order valence-electron chi connectivity index (χ3n) is 10.8. The quantitative estimate of drug-likeness (QED) is 0.0348. The largest absolute Gasteiger partial charge is 0.462 e. The van der Waals surface area contributed by atoms with Crippen molar-refractivity contribution in [3.05, 3.63) is 48.6 Å². The minimum Gasteiger partial charge on any atom is -0.462 e. The van der Waals surface area contributed by atoms with Crippen LogP contribution in [-0.2, 0) is 23.8 Å². The van der Waals surface area contributed by atoms with Crippen LogP contribution in [0, 0.1) is 0 Å². The van der Waals surface area contributed by atoms with Crippen LogP contribution in [0.3, 0.4) is 0 Å². The molecule has 1 unspecified atom stereocenters. The zero-order valence-corrected chi connectivity index (χ0v) is 38.8. The van der Waals surface area contributed by atoms with Crippen LogP contribution in [-0.4, -0.2) is 37.9 Å². The van der Waals surface area contributed by atoms with Crippen molar-refractivity contribution in [2.24, 2.45) is 0 Å². The maximum atomic E-state index is 12.7. The Morgan fingerprint density at radius 3 is 1.31 bits per heavy atom. The van der Waals surface area contributed by atoms with Crippen LogP contribution < -0.4 is 0 Å². The Morgan fingerprint density at radius 1 is 0.397 bits per heavy atom. The Morgan fingerprint density at radius 2 is 0.793 bits per heavy atom. The summed E-state index contributed by atoms with van der Waals surface area (Å²) in [6.45, 7) is 7.69. The van der Waals surface area contributed by atoms with Crippen LogP contribution in [0.25, 0.3) is 0 Å². The standard InChI is InChI=1S/C53H96O5/c1-4-7-10-13-16-19-22-24-26-27-28-29-32-34-37-40-43-46-52(54)57-50-51(58-53(55)47-44-41-38-35-31-21-18-15-12-9-6-3)49-56-48-45-42-39-36-33-30-25-23-20-17-14-11-8-5-2/h7,10,15-16,18-19,24,26,51H,4-6,8-9,11-14,17,20-23,25,27-50H2,1-3H3/b10-7-,18-15-,19-16-,26-24-. The molecule has 0 saturated carbocycles. The van der Waals surface area contributed by atoms with Gasteiger partial charge in [-0.2, -0.15) is 0 Å². The molecule has 0 aromatic heterocycles. The molecule has 0 rings (SSSR count). The molecule has 0 aliphatic heterocycles. The lowest BCUT2D eigenvalue weighted by Crippen LogP contribution is -2.30. The Labute approximate surface area is 361 Å². The summed E-state index contributed by atoms with van der Waals surface area (Å²) in [5.41, 5.74) is 0. The SMILES string of the molecule is CC/C=C\C/C=C\C/C=C\CCCCCCCCCC(=O)OCC(COCCCCCCCCCCCCCCCC)OC(=O)CCCCCCC/C=C\CCCC. The molecule has 0 N–H and O–H groups in total. The van der Waals surface area contributed by atoms with Crippen molar-refractivity contribution in [2.45, 2.75) is 258 Å². The lowest BCUT2D eigenvalue weighted by molar-refractivity contribution is -0.163. The summed E-state index contributed by atoms with van der Waals surface area (Å²) in [4.78, 5) is 25.3.